The topological polar surface area (TPSA) is 272 Å². The number of ether oxygens (including phenoxy) is 2. The molecule has 0 aromatic carbocycles. The summed E-state index contributed by atoms with van der Waals surface area (Å²) in [6.07, 6.45) is -11.2. The van der Waals surface area contributed by atoms with Crippen LogP contribution in [-0.4, -0.2) is 126 Å². The van der Waals surface area contributed by atoms with E-state index in [-0.39, 0.29) is 23.7 Å². The summed E-state index contributed by atoms with van der Waals surface area (Å²) < 4.78 is 37.0. The maximum absolute atomic E-state index is 12.5. The maximum Gasteiger partial charge on any atom is 0.280 e. The molecule has 9 atom stereocenters. The average molecular weight is 549 g/mol. The van der Waals surface area contributed by atoms with Gasteiger partial charge in [-0.2, -0.15) is 4.98 Å². The molecule has 2 aromatic heterocycles. The Bertz CT molecular complexity index is 1320. The van der Waals surface area contributed by atoms with Gasteiger partial charge in [0.25, 0.3) is 5.56 Å². The Morgan fingerprint density at radius 3 is 2.49 bits per heavy atom. The number of H-pyrrole nitrogens is 1. The summed E-state index contributed by atoms with van der Waals surface area (Å²) in [4.78, 5) is 34.4. The number of carbonyl (C=O) groups excluding carboxylic acids is 1. The number of rotatable bonds is 7. The lowest BCUT2D eigenvalue weighted by Crippen LogP contribution is -2.58. The highest BCUT2D eigenvalue weighted by atomic mass is 32.2. The molecule has 4 rings (SSSR count). The zero-order chi connectivity index (χ0) is 27.2. The van der Waals surface area contributed by atoms with Crippen molar-refractivity contribution in [1.82, 2.24) is 24.8 Å². The van der Waals surface area contributed by atoms with Crippen molar-refractivity contribution in [2.75, 3.05) is 23.8 Å². The Hall–Kier alpha value is -2.71. The number of aromatic nitrogens is 4. The number of imidazole rings is 1. The highest BCUT2D eigenvalue weighted by Gasteiger charge is 2.45. The van der Waals surface area contributed by atoms with E-state index in [1.807, 2.05) is 0 Å². The Labute approximate surface area is 208 Å². The lowest BCUT2D eigenvalue weighted by atomic mass is 9.96. The lowest BCUT2D eigenvalue weighted by Gasteiger charge is -2.39. The molecule has 18 heteroatoms. The zero-order valence-corrected chi connectivity index (χ0v) is 20.2. The molecule has 0 radical (unpaired) electrons. The molecule has 2 fully saturated rings. The van der Waals surface area contributed by atoms with Crippen LogP contribution in [0.3, 0.4) is 0 Å². The molecule has 206 valence electrons. The molecule has 0 unspecified atom stereocenters. The SMILES string of the molecule is C[C@@H]1O[C@H](CS(=O)(=O)CC(=O)NC[C@H]2O[C@@H](n3cnc4c(=O)[nH]c(N)nc43)[C@H](O)[C@@H]2O)[C@@H](O)[C@H](O)[C@@H]1O. The number of carbonyl (C=O) groups is 1. The highest BCUT2D eigenvalue weighted by molar-refractivity contribution is 7.92. The van der Waals surface area contributed by atoms with Crippen LogP contribution in [-0.2, 0) is 24.1 Å². The number of aromatic amines is 1. The third kappa shape index (κ3) is 5.46. The number of aliphatic hydroxyl groups is 5. The molecule has 4 heterocycles. The van der Waals surface area contributed by atoms with Gasteiger partial charge in [-0.15, -0.1) is 0 Å². The molecule has 0 aliphatic carbocycles. The van der Waals surface area contributed by atoms with Gasteiger partial charge < -0.3 is 46.1 Å². The molecule has 2 saturated heterocycles. The van der Waals surface area contributed by atoms with E-state index in [2.05, 4.69) is 20.3 Å². The first-order valence-corrected chi connectivity index (χ1v) is 13.0. The van der Waals surface area contributed by atoms with E-state index < -0.39 is 87.9 Å². The largest absolute Gasteiger partial charge is 0.388 e. The molecule has 37 heavy (non-hydrogen) atoms. The molecule has 17 nitrogen and oxygen atoms in total. The van der Waals surface area contributed by atoms with Gasteiger partial charge in [0.05, 0.1) is 18.2 Å². The summed E-state index contributed by atoms with van der Waals surface area (Å²) in [6.45, 7) is 1.02. The van der Waals surface area contributed by atoms with Crippen molar-refractivity contribution in [3.05, 3.63) is 16.7 Å². The van der Waals surface area contributed by atoms with Crippen LogP contribution in [0.2, 0.25) is 0 Å². The number of fused-ring (bicyclic) bond motifs is 1. The van der Waals surface area contributed by atoms with Crippen LogP contribution in [0.1, 0.15) is 13.2 Å². The van der Waals surface area contributed by atoms with Gasteiger partial charge in [0.1, 0.15) is 48.5 Å². The molecule has 2 aliphatic heterocycles. The van der Waals surface area contributed by atoms with Gasteiger partial charge >= 0.3 is 0 Å². The van der Waals surface area contributed by atoms with Gasteiger partial charge in [-0.25, -0.2) is 13.4 Å². The maximum atomic E-state index is 12.5. The van der Waals surface area contributed by atoms with E-state index in [4.69, 9.17) is 15.2 Å². The van der Waals surface area contributed by atoms with Gasteiger partial charge in [0, 0.05) is 6.54 Å². The standard InChI is InChI=1S/C19H28N6O11S/c1-6-11(27)14(30)13(29)8(35-6)3-37(33,34)4-9(26)21-2-7-12(28)15(31)18(36-7)25-5-22-10-16(25)23-19(20)24-17(10)32/h5-8,11-15,18,27-31H,2-4H2,1H3,(H,21,26)(H3,20,23,24,32)/t6-,7+,8+,11+,12+,13+,14+,15+,18+/m0/s1. The van der Waals surface area contributed by atoms with Crippen molar-refractivity contribution in [1.29, 1.82) is 0 Å². The second-order valence-electron chi connectivity index (χ2n) is 9.03. The van der Waals surface area contributed by atoms with Crippen LogP contribution in [0.4, 0.5) is 5.95 Å². The Kier molecular flexibility index (Phi) is 7.55. The van der Waals surface area contributed by atoms with Crippen LogP contribution >= 0.6 is 0 Å². The zero-order valence-electron chi connectivity index (χ0n) is 19.4. The first-order chi connectivity index (χ1) is 17.3. The quantitative estimate of drug-likeness (QED) is 0.161. The van der Waals surface area contributed by atoms with Gasteiger partial charge in [-0.05, 0) is 6.92 Å². The third-order valence-electron chi connectivity index (χ3n) is 6.28. The Balaban J connectivity index is 1.36. The molecule has 0 spiro atoms. The molecular weight excluding hydrogens is 520 g/mol. The second-order valence-corrected chi connectivity index (χ2v) is 11.1. The fourth-order valence-electron chi connectivity index (χ4n) is 4.31. The summed E-state index contributed by atoms with van der Waals surface area (Å²) >= 11 is 0. The lowest BCUT2D eigenvalue weighted by molar-refractivity contribution is -0.210. The molecule has 9 N–H and O–H groups in total. The van der Waals surface area contributed by atoms with E-state index in [1.54, 1.807) is 0 Å². The van der Waals surface area contributed by atoms with Crippen molar-refractivity contribution in [2.24, 2.45) is 0 Å². The third-order valence-corrected chi connectivity index (χ3v) is 7.82. The van der Waals surface area contributed by atoms with Gasteiger partial charge in [0.2, 0.25) is 11.9 Å². The molecule has 0 saturated carbocycles. The average Bonchev–Trinajstić information content (AvgIpc) is 3.35. The monoisotopic (exact) mass is 548 g/mol. The number of nitrogens with one attached hydrogen (secondary N) is 2. The number of anilines is 1. The van der Waals surface area contributed by atoms with E-state index in [1.165, 1.54) is 17.8 Å². The number of amides is 1. The summed E-state index contributed by atoms with van der Waals surface area (Å²) in [5.74, 6) is -2.95. The molecule has 2 aliphatic rings. The summed E-state index contributed by atoms with van der Waals surface area (Å²) in [7, 11) is -4.13. The number of hydrogen-bond acceptors (Lipinski definition) is 14. The molecule has 0 bridgehead atoms. The summed E-state index contributed by atoms with van der Waals surface area (Å²) in [5.41, 5.74) is 4.85. The number of hydrogen-bond donors (Lipinski definition) is 8. The summed E-state index contributed by atoms with van der Waals surface area (Å²) in [6, 6.07) is 0. The first-order valence-electron chi connectivity index (χ1n) is 11.2. The van der Waals surface area contributed by atoms with E-state index in [0.717, 1.165) is 0 Å². The first kappa shape index (κ1) is 27.3. The number of aliphatic hydroxyl groups excluding tert-OH is 5. The van der Waals surface area contributed by atoms with Crippen molar-refractivity contribution >= 4 is 32.9 Å². The molecular formula is C19H28N6O11S. The van der Waals surface area contributed by atoms with Crippen molar-refractivity contribution in [2.45, 2.75) is 62.0 Å². The second kappa shape index (κ2) is 10.2. The minimum Gasteiger partial charge on any atom is -0.388 e. The predicted octanol–water partition coefficient (Wildman–Crippen LogP) is -5.28. The number of sulfone groups is 1. The minimum absolute atomic E-state index is 0.00708. The van der Waals surface area contributed by atoms with Gasteiger partial charge in [-0.1, -0.05) is 0 Å². The van der Waals surface area contributed by atoms with Gasteiger partial charge in [-0.3, -0.25) is 19.1 Å². The van der Waals surface area contributed by atoms with Crippen LogP contribution in [0.25, 0.3) is 11.2 Å². The van der Waals surface area contributed by atoms with Crippen LogP contribution in [0, 0.1) is 0 Å². The van der Waals surface area contributed by atoms with Gasteiger partial charge in [0.15, 0.2) is 27.2 Å². The number of nitrogens with two attached hydrogens (primary N) is 1. The fraction of sp³-hybridized carbons (Fsp3) is 0.684. The minimum atomic E-state index is -4.13. The summed E-state index contributed by atoms with van der Waals surface area (Å²) in [5, 5.41) is 52.7. The van der Waals surface area contributed by atoms with Crippen molar-refractivity contribution in [3.8, 4) is 0 Å². The van der Waals surface area contributed by atoms with Crippen LogP contribution in [0.5, 0.6) is 0 Å². The Morgan fingerprint density at radius 2 is 1.78 bits per heavy atom. The highest BCUT2D eigenvalue weighted by Crippen LogP contribution is 2.31. The van der Waals surface area contributed by atoms with Crippen LogP contribution in [0.15, 0.2) is 11.1 Å². The van der Waals surface area contributed by atoms with E-state index in [0.29, 0.717) is 0 Å². The smallest absolute Gasteiger partial charge is 0.280 e. The number of nitrogen functional groups attached to an aromatic ring is 1. The van der Waals surface area contributed by atoms with Crippen molar-refractivity contribution < 1.29 is 48.2 Å². The predicted molar refractivity (Wildman–Crippen MR) is 123 cm³/mol. The molecule has 2 aromatic rings. The van der Waals surface area contributed by atoms with E-state index in [9.17, 15) is 43.5 Å². The van der Waals surface area contributed by atoms with E-state index >= 15 is 0 Å². The number of nitrogens with zero attached hydrogens (tertiary/aromatic N) is 3. The van der Waals surface area contributed by atoms with Crippen molar-refractivity contribution in [3.63, 3.8) is 0 Å². The normalized spacial score (nSPS) is 34.6. The fourth-order valence-corrected chi connectivity index (χ4v) is 5.70. The molecule has 1 amide bonds. The van der Waals surface area contributed by atoms with Crippen LogP contribution < -0.4 is 16.6 Å². The Morgan fingerprint density at radius 1 is 1.11 bits per heavy atom.